The molecule has 0 aliphatic heterocycles. The number of nitrogens with zero attached hydrogens (tertiary/aromatic N) is 4. The maximum atomic E-state index is 13.5. The summed E-state index contributed by atoms with van der Waals surface area (Å²) < 4.78 is 13.7. The van der Waals surface area contributed by atoms with Crippen LogP contribution in [0.4, 0.5) is 5.95 Å². The second-order valence-corrected chi connectivity index (χ2v) is 8.39. The number of hydrogen-bond donors (Lipinski definition) is 2. The highest BCUT2D eigenvalue weighted by atomic mass is 16.5. The lowest BCUT2D eigenvalue weighted by Gasteiger charge is -2.12. The van der Waals surface area contributed by atoms with E-state index in [2.05, 4.69) is 32.9 Å². The lowest BCUT2D eigenvalue weighted by atomic mass is 10.1. The largest absolute Gasteiger partial charge is 0.497 e. The molecule has 0 saturated heterocycles. The van der Waals surface area contributed by atoms with Crippen LogP contribution in [0.5, 0.6) is 11.5 Å². The molecule has 0 bridgehead atoms. The monoisotopic (exact) mass is 476 g/mol. The highest BCUT2D eigenvalue weighted by Gasteiger charge is 2.26. The number of carbonyl (C=O) groups excluding carboxylic acids is 1. The normalized spacial score (nSPS) is 11.0. The molecule has 2 heterocycles. The van der Waals surface area contributed by atoms with Crippen molar-refractivity contribution in [3.05, 3.63) is 54.2 Å². The van der Waals surface area contributed by atoms with Gasteiger partial charge in [-0.2, -0.15) is 5.21 Å². The first-order chi connectivity index (χ1) is 17.2. The van der Waals surface area contributed by atoms with Gasteiger partial charge in [0.2, 0.25) is 0 Å². The minimum Gasteiger partial charge on any atom is -0.497 e. The van der Waals surface area contributed by atoms with E-state index < -0.39 is 0 Å². The molecule has 0 atom stereocenters. The van der Waals surface area contributed by atoms with E-state index in [-0.39, 0.29) is 11.9 Å². The Labute approximate surface area is 204 Å². The molecule has 4 aromatic rings. The minimum atomic E-state index is -0.389. The topological polar surface area (TPSA) is 107 Å². The molecule has 1 amide bonds. The van der Waals surface area contributed by atoms with Crippen LogP contribution in [0.2, 0.25) is 0 Å². The van der Waals surface area contributed by atoms with Crippen molar-refractivity contribution < 1.29 is 14.3 Å². The standard InChI is InChI=1S/C26H32N6O3/c1-3-4-5-6-7-8-12-17-35-24-21-18-20(34-2)15-16-22(21)32(19-13-10-9-11-14-19)23(24)25(33)27-26-28-30-31-29-26/h9-11,13-16,18H,3-8,12,17H2,1-2H3,(H2,27,28,29,30,31,33). The van der Waals surface area contributed by atoms with Gasteiger partial charge >= 0.3 is 0 Å². The van der Waals surface area contributed by atoms with Crippen LogP contribution in [0, 0.1) is 0 Å². The van der Waals surface area contributed by atoms with Crippen molar-refractivity contribution in [1.29, 1.82) is 0 Å². The van der Waals surface area contributed by atoms with E-state index >= 15 is 0 Å². The average molecular weight is 477 g/mol. The van der Waals surface area contributed by atoms with Gasteiger partial charge in [-0.25, -0.2) is 0 Å². The van der Waals surface area contributed by atoms with Crippen LogP contribution < -0.4 is 14.8 Å². The van der Waals surface area contributed by atoms with Crippen molar-refractivity contribution in [2.75, 3.05) is 19.0 Å². The fraction of sp³-hybridized carbons (Fsp3) is 0.385. The Morgan fingerprint density at radius 1 is 1.03 bits per heavy atom. The highest BCUT2D eigenvalue weighted by Crippen LogP contribution is 2.38. The zero-order valence-corrected chi connectivity index (χ0v) is 20.3. The van der Waals surface area contributed by atoms with Gasteiger partial charge in [-0.15, -0.1) is 5.10 Å². The summed E-state index contributed by atoms with van der Waals surface area (Å²) in [5, 5.41) is 17.1. The fourth-order valence-electron chi connectivity index (χ4n) is 4.17. The molecule has 0 radical (unpaired) electrons. The molecule has 0 aliphatic rings. The third-order valence-corrected chi connectivity index (χ3v) is 5.92. The molecule has 0 saturated carbocycles. The van der Waals surface area contributed by atoms with E-state index in [1.54, 1.807) is 7.11 Å². The predicted octanol–water partition coefficient (Wildman–Crippen LogP) is 5.53. The number of rotatable bonds is 13. The number of hydrogen-bond acceptors (Lipinski definition) is 6. The van der Waals surface area contributed by atoms with Gasteiger partial charge in [-0.1, -0.05) is 68.7 Å². The van der Waals surface area contributed by atoms with Crippen LogP contribution in [0.3, 0.4) is 0 Å². The summed E-state index contributed by atoms with van der Waals surface area (Å²) in [5.41, 5.74) is 2.05. The van der Waals surface area contributed by atoms with E-state index in [9.17, 15) is 4.79 Å². The van der Waals surface area contributed by atoms with Crippen LogP contribution in [-0.4, -0.2) is 44.8 Å². The van der Waals surface area contributed by atoms with Crippen molar-refractivity contribution >= 4 is 22.8 Å². The summed E-state index contributed by atoms with van der Waals surface area (Å²) in [6, 6.07) is 15.4. The molecule has 0 spiro atoms. The number of fused-ring (bicyclic) bond motifs is 1. The lowest BCUT2D eigenvalue weighted by molar-refractivity contribution is 0.101. The molecule has 184 valence electrons. The zero-order valence-electron chi connectivity index (χ0n) is 20.3. The third-order valence-electron chi connectivity index (χ3n) is 5.92. The molecular formula is C26H32N6O3. The van der Waals surface area contributed by atoms with Gasteiger partial charge < -0.3 is 14.0 Å². The highest BCUT2D eigenvalue weighted by molar-refractivity contribution is 6.10. The van der Waals surface area contributed by atoms with Crippen molar-refractivity contribution in [2.24, 2.45) is 0 Å². The Bertz CT molecular complexity index is 1220. The van der Waals surface area contributed by atoms with Crippen LogP contribution in [0.25, 0.3) is 16.6 Å². The first-order valence-corrected chi connectivity index (χ1v) is 12.2. The molecule has 0 aliphatic carbocycles. The van der Waals surface area contributed by atoms with Crippen molar-refractivity contribution in [1.82, 2.24) is 25.2 Å². The fourth-order valence-corrected chi connectivity index (χ4v) is 4.17. The first kappa shape index (κ1) is 24.3. The summed E-state index contributed by atoms with van der Waals surface area (Å²) >= 11 is 0. The Balaban J connectivity index is 1.68. The van der Waals surface area contributed by atoms with E-state index in [4.69, 9.17) is 9.47 Å². The van der Waals surface area contributed by atoms with E-state index in [0.717, 1.165) is 29.4 Å². The number of H-pyrrole nitrogens is 1. The van der Waals surface area contributed by atoms with Crippen LogP contribution >= 0.6 is 0 Å². The summed E-state index contributed by atoms with van der Waals surface area (Å²) in [6.45, 7) is 2.74. The number of unbranched alkanes of at least 4 members (excludes halogenated alkanes) is 6. The molecule has 2 aromatic carbocycles. The van der Waals surface area contributed by atoms with Crippen molar-refractivity contribution in [3.8, 4) is 17.2 Å². The van der Waals surface area contributed by atoms with Crippen LogP contribution in [0.1, 0.15) is 62.4 Å². The number of carbonyl (C=O) groups is 1. The Morgan fingerprint density at radius 2 is 1.80 bits per heavy atom. The lowest BCUT2D eigenvalue weighted by Crippen LogP contribution is -2.18. The number of ether oxygens (including phenoxy) is 2. The Morgan fingerprint density at radius 3 is 2.51 bits per heavy atom. The summed E-state index contributed by atoms with van der Waals surface area (Å²) in [5.74, 6) is 0.902. The number of anilines is 1. The number of aromatic nitrogens is 5. The van der Waals surface area contributed by atoms with Gasteiger partial charge in [0.05, 0.1) is 19.2 Å². The number of aromatic amines is 1. The van der Waals surface area contributed by atoms with Gasteiger partial charge in [-0.3, -0.25) is 10.1 Å². The summed E-state index contributed by atoms with van der Waals surface area (Å²) in [4.78, 5) is 13.5. The molecule has 4 rings (SSSR count). The van der Waals surface area contributed by atoms with Gasteiger partial charge in [0.1, 0.15) is 5.75 Å². The maximum absolute atomic E-state index is 13.5. The molecule has 2 aromatic heterocycles. The number of tetrazole rings is 1. The number of methoxy groups -OCH3 is 1. The molecule has 2 N–H and O–H groups in total. The minimum absolute atomic E-state index is 0.0930. The SMILES string of the molecule is CCCCCCCCCOc1c(C(=O)Nc2nn[nH]n2)n(-c2ccccc2)c2ccc(OC)cc12. The summed E-state index contributed by atoms with van der Waals surface area (Å²) in [6.07, 6.45) is 8.25. The van der Waals surface area contributed by atoms with Gasteiger partial charge in [0, 0.05) is 11.1 Å². The van der Waals surface area contributed by atoms with Crippen molar-refractivity contribution in [2.45, 2.75) is 51.9 Å². The van der Waals surface area contributed by atoms with E-state index in [1.807, 2.05) is 53.1 Å². The number of amides is 1. The van der Waals surface area contributed by atoms with Crippen LogP contribution in [-0.2, 0) is 0 Å². The number of nitrogens with one attached hydrogen (secondary N) is 2. The molecule has 9 heteroatoms. The Kier molecular flexibility index (Phi) is 8.32. The summed E-state index contributed by atoms with van der Waals surface area (Å²) in [7, 11) is 1.62. The molecule has 0 fully saturated rings. The van der Waals surface area contributed by atoms with E-state index in [1.165, 1.54) is 32.1 Å². The zero-order chi connectivity index (χ0) is 24.5. The molecule has 9 nitrogen and oxygen atoms in total. The van der Waals surface area contributed by atoms with E-state index in [0.29, 0.717) is 23.8 Å². The first-order valence-electron chi connectivity index (χ1n) is 12.2. The second kappa shape index (κ2) is 12.0. The number of para-hydroxylation sites is 1. The van der Waals surface area contributed by atoms with Crippen LogP contribution in [0.15, 0.2) is 48.5 Å². The Hall–Kier alpha value is -3.88. The second-order valence-electron chi connectivity index (χ2n) is 8.39. The molecule has 0 unspecified atom stereocenters. The predicted molar refractivity (Wildman–Crippen MR) is 135 cm³/mol. The molecular weight excluding hydrogens is 444 g/mol. The van der Waals surface area contributed by atoms with Gasteiger partial charge in [-0.05, 0) is 42.0 Å². The smallest absolute Gasteiger partial charge is 0.279 e. The average Bonchev–Trinajstić information content (AvgIpc) is 3.51. The van der Waals surface area contributed by atoms with Gasteiger partial charge in [0.15, 0.2) is 11.4 Å². The maximum Gasteiger partial charge on any atom is 0.279 e. The van der Waals surface area contributed by atoms with Gasteiger partial charge in [0.25, 0.3) is 11.9 Å². The molecule has 35 heavy (non-hydrogen) atoms. The quantitative estimate of drug-likeness (QED) is 0.246. The van der Waals surface area contributed by atoms with Crippen molar-refractivity contribution in [3.63, 3.8) is 0 Å². The third kappa shape index (κ3) is 5.79. The number of benzene rings is 2.